The highest BCUT2D eigenvalue weighted by Gasteiger charge is 2.25. The molecule has 3 aromatic rings. The largest absolute Gasteiger partial charge is 0.352 e. The number of carbonyl (C=O) groups excluding carboxylic acids is 1. The number of nitrogens with zero attached hydrogens (tertiary/aromatic N) is 2. The quantitative estimate of drug-likeness (QED) is 0.575. The van der Waals surface area contributed by atoms with Crippen LogP contribution < -0.4 is 5.32 Å². The number of carbonyl (C=O) groups is 1. The lowest BCUT2D eigenvalue weighted by molar-refractivity contribution is -0.121. The van der Waals surface area contributed by atoms with Crippen molar-refractivity contribution in [2.45, 2.75) is 30.0 Å². The Hall–Kier alpha value is -2.71. The molecule has 0 saturated heterocycles. The molecule has 1 amide bonds. The summed E-state index contributed by atoms with van der Waals surface area (Å²) >= 11 is 5.87. The van der Waals surface area contributed by atoms with E-state index < -0.39 is 26.8 Å². The Morgan fingerprint density at radius 3 is 2.48 bits per heavy atom. The molecule has 0 saturated carbocycles. The van der Waals surface area contributed by atoms with Gasteiger partial charge in [-0.2, -0.15) is 5.10 Å². The minimum absolute atomic E-state index is 0.0107. The molecule has 9 heteroatoms. The number of hydrogen-bond acceptors (Lipinski definition) is 4. The number of aromatic nitrogens is 2. The molecule has 1 heterocycles. The van der Waals surface area contributed by atoms with Crippen LogP contribution in [-0.4, -0.2) is 29.4 Å². The fourth-order valence-electron chi connectivity index (χ4n) is 2.69. The van der Waals surface area contributed by atoms with E-state index in [4.69, 9.17) is 11.6 Å². The first kappa shape index (κ1) is 21.0. The summed E-state index contributed by atoms with van der Waals surface area (Å²) in [5.74, 6) is -0.920. The van der Waals surface area contributed by atoms with Crippen LogP contribution in [0.3, 0.4) is 0 Å². The summed E-state index contributed by atoms with van der Waals surface area (Å²) in [7, 11) is -3.72. The third-order valence-electron chi connectivity index (χ3n) is 4.36. The van der Waals surface area contributed by atoms with E-state index in [-0.39, 0.29) is 17.9 Å². The fraction of sp³-hybridized carbons (Fsp3) is 0.200. The van der Waals surface area contributed by atoms with Gasteiger partial charge in [-0.1, -0.05) is 11.6 Å². The van der Waals surface area contributed by atoms with Gasteiger partial charge in [-0.05, 0) is 55.5 Å². The normalized spacial score (nSPS) is 12.5. The van der Waals surface area contributed by atoms with Crippen molar-refractivity contribution in [3.05, 3.63) is 77.3 Å². The first-order chi connectivity index (χ1) is 13.8. The molecule has 0 aliphatic carbocycles. The van der Waals surface area contributed by atoms with Gasteiger partial charge < -0.3 is 5.32 Å². The molecule has 0 fully saturated rings. The van der Waals surface area contributed by atoms with Crippen LogP contribution in [0.1, 0.15) is 18.9 Å². The van der Waals surface area contributed by atoms with Gasteiger partial charge in [-0.25, -0.2) is 17.5 Å². The van der Waals surface area contributed by atoms with Gasteiger partial charge in [0, 0.05) is 29.7 Å². The van der Waals surface area contributed by atoms with Crippen molar-refractivity contribution in [2.75, 3.05) is 0 Å². The minimum Gasteiger partial charge on any atom is -0.352 e. The lowest BCUT2D eigenvalue weighted by Crippen LogP contribution is -2.29. The maximum Gasteiger partial charge on any atom is 0.221 e. The maximum absolute atomic E-state index is 13.0. The van der Waals surface area contributed by atoms with Gasteiger partial charge in [0.1, 0.15) is 5.82 Å². The molecule has 0 radical (unpaired) electrons. The first-order valence-electron chi connectivity index (χ1n) is 8.81. The van der Waals surface area contributed by atoms with Crippen LogP contribution in [0.15, 0.2) is 65.8 Å². The highest BCUT2D eigenvalue weighted by molar-refractivity contribution is 7.92. The molecular formula is C20H19ClFN3O3S. The summed E-state index contributed by atoms with van der Waals surface area (Å²) in [5, 5.41) is 6.62. The van der Waals surface area contributed by atoms with Crippen LogP contribution in [0, 0.1) is 5.82 Å². The Balaban J connectivity index is 1.57. The zero-order valence-electron chi connectivity index (χ0n) is 15.5. The predicted molar refractivity (Wildman–Crippen MR) is 108 cm³/mol. The molecule has 152 valence electrons. The molecule has 0 spiro atoms. The summed E-state index contributed by atoms with van der Waals surface area (Å²) in [6.45, 7) is 1.67. The zero-order chi connectivity index (χ0) is 21.0. The van der Waals surface area contributed by atoms with Crippen LogP contribution in [-0.2, 0) is 21.2 Å². The third kappa shape index (κ3) is 5.21. The van der Waals surface area contributed by atoms with Crippen molar-refractivity contribution in [2.24, 2.45) is 0 Å². The van der Waals surface area contributed by atoms with Crippen molar-refractivity contribution in [3.8, 4) is 5.69 Å². The van der Waals surface area contributed by atoms with Gasteiger partial charge in [0.15, 0.2) is 9.84 Å². The summed E-state index contributed by atoms with van der Waals surface area (Å²) < 4.78 is 39.7. The van der Waals surface area contributed by atoms with Crippen LogP contribution >= 0.6 is 11.6 Å². The number of sulfone groups is 1. The summed E-state index contributed by atoms with van der Waals surface area (Å²) in [6, 6.07) is 11.7. The first-order valence-corrected chi connectivity index (χ1v) is 10.7. The van der Waals surface area contributed by atoms with Crippen LogP contribution in [0.4, 0.5) is 4.39 Å². The van der Waals surface area contributed by atoms with E-state index in [2.05, 4.69) is 10.4 Å². The van der Waals surface area contributed by atoms with Crippen LogP contribution in [0.25, 0.3) is 5.69 Å². The minimum atomic E-state index is -3.72. The van der Waals surface area contributed by atoms with Gasteiger partial charge >= 0.3 is 0 Å². The molecule has 0 aliphatic rings. The lowest BCUT2D eigenvalue weighted by Gasteiger charge is -2.13. The molecule has 1 atom stereocenters. The number of halogens is 2. The number of hydrogen-bond donors (Lipinski definition) is 1. The fourth-order valence-corrected chi connectivity index (χ4v) is 4.16. The summed E-state index contributed by atoms with van der Waals surface area (Å²) in [5.41, 5.74) is 1.59. The summed E-state index contributed by atoms with van der Waals surface area (Å²) in [4.78, 5) is 12.2. The van der Waals surface area contributed by atoms with Gasteiger partial charge in [0.25, 0.3) is 0 Å². The number of nitrogens with one attached hydrogen (secondary N) is 1. The molecule has 0 aliphatic heterocycles. The third-order valence-corrected chi connectivity index (χ3v) is 6.77. The van der Waals surface area contributed by atoms with Gasteiger partial charge in [0.05, 0.1) is 22.0 Å². The Morgan fingerprint density at radius 1 is 1.17 bits per heavy atom. The Morgan fingerprint density at radius 2 is 1.83 bits per heavy atom. The average molecular weight is 436 g/mol. The Labute approximate surface area is 173 Å². The van der Waals surface area contributed by atoms with E-state index in [1.165, 1.54) is 19.1 Å². The molecule has 0 bridgehead atoms. The van der Waals surface area contributed by atoms with Gasteiger partial charge in [0.2, 0.25) is 5.91 Å². The smallest absolute Gasteiger partial charge is 0.221 e. The van der Waals surface area contributed by atoms with Crippen molar-refractivity contribution in [3.63, 3.8) is 0 Å². The van der Waals surface area contributed by atoms with Gasteiger partial charge in [-0.15, -0.1) is 0 Å². The molecule has 3 rings (SSSR count). The highest BCUT2D eigenvalue weighted by atomic mass is 35.5. The molecule has 1 aromatic heterocycles. The van der Waals surface area contributed by atoms with E-state index >= 15 is 0 Å². The molecule has 1 unspecified atom stereocenters. The van der Waals surface area contributed by atoms with E-state index in [1.54, 1.807) is 29.2 Å². The molecular weight excluding hydrogens is 417 g/mol. The van der Waals surface area contributed by atoms with E-state index in [1.807, 2.05) is 12.1 Å². The SMILES string of the molecule is CC(CC(=O)NCc1cnn(-c2ccc(Cl)cc2)c1)S(=O)(=O)c1ccc(F)cc1. The van der Waals surface area contributed by atoms with Crippen LogP contribution in [0.2, 0.25) is 5.02 Å². The topological polar surface area (TPSA) is 81.1 Å². The maximum atomic E-state index is 13.0. The molecule has 1 N–H and O–H groups in total. The lowest BCUT2D eigenvalue weighted by atomic mass is 10.3. The second kappa shape index (κ2) is 8.75. The number of amides is 1. The number of benzene rings is 2. The standard InChI is InChI=1S/C20H19ClFN3O3S/c1-14(29(27,28)19-8-4-17(22)5-9-19)10-20(26)23-11-15-12-24-25(13-15)18-6-2-16(21)3-7-18/h2-9,12-14H,10-11H2,1H3,(H,23,26). The molecule has 6 nitrogen and oxygen atoms in total. The Bertz CT molecular complexity index is 1100. The van der Waals surface area contributed by atoms with Crippen molar-refractivity contribution < 1.29 is 17.6 Å². The summed E-state index contributed by atoms with van der Waals surface area (Å²) in [6.07, 6.45) is 3.18. The van der Waals surface area contributed by atoms with Crippen molar-refractivity contribution in [1.82, 2.24) is 15.1 Å². The molecule has 29 heavy (non-hydrogen) atoms. The monoisotopic (exact) mass is 435 g/mol. The van der Waals surface area contributed by atoms with Gasteiger partial charge in [-0.3, -0.25) is 4.79 Å². The Kier molecular flexibility index (Phi) is 6.34. The highest BCUT2D eigenvalue weighted by Crippen LogP contribution is 2.19. The van der Waals surface area contributed by atoms with E-state index in [0.717, 1.165) is 23.4 Å². The predicted octanol–water partition coefficient (Wildman–Crippen LogP) is 3.53. The molecule has 2 aromatic carbocycles. The second-order valence-corrected chi connectivity index (χ2v) is 9.36. The number of rotatable bonds is 7. The van der Waals surface area contributed by atoms with Crippen molar-refractivity contribution in [1.29, 1.82) is 0 Å². The van der Waals surface area contributed by atoms with Crippen molar-refractivity contribution >= 4 is 27.3 Å². The zero-order valence-corrected chi connectivity index (χ0v) is 17.1. The van der Waals surface area contributed by atoms with Crippen LogP contribution in [0.5, 0.6) is 0 Å². The van der Waals surface area contributed by atoms with E-state index in [9.17, 15) is 17.6 Å². The average Bonchev–Trinajstić information content (AvgIpc) is 3.16. The van der Waals surface area contributed by atoms with E-state index in [0.29, 0.717) is 5.02 Å². The second-order valence-electron chi connectivity index (χ2n) is 6.56.